The Labute approximate surface area is 172 Å². The maximum absolute atomic E-state index is 12.0. The summed E-state index contributed by atoms with van der Waals surface area (Å²) in [6.07, 6.45) is 0.534. The quantitative estimate of drug-likeness (QED) is 0.648. The van der Waals surface area contributed by atoms with E-state index >= 15 is 0 Å². The number of aryl methyl sites for hydroxylation is 2. The predicted molar refractivity (Wildman–Crippen MR) is 112 cm³/mol. The van der Waals surface area contributed by atoms with Crippen LogP contribution in [0.4, 0.5) is 10.7 Å². The fourth-order valence-corrected chi connectivity index (χ4v) is 3.56. The summed E-state index contributed by atoms with van der Waals surface area (Å²) in [6, 6.07) is 9.85. The minimum absolute atomic E-state index is 0.267. The van der Waals surface area contributed by atoms with Crippen LogP contribution in [0.3, 0.4) is 0 Å². The molecule has 0 aliphatic carbocycles. The molecule has 1 aromatic carbocycles. The van der Waals surface area contributed by atoms with Gasteiger partial charge in [-0.05, 0) is 44.9 Å². The van der Waals surface area contributed by atoms with E-state index in [9.17, 15) is 4.79 Å². The fourth-order valence-electron chi connectivity index (χ4n) is 3.56. The van der Waals surface area contributed by atoms with Crippen LogP contribution in [0, 0.1) is 13.8 Å². The van der Waals surface area contributed by atoms with Crippen molar-refractivity contribution in [2.75, 3.05) is 18.5 Å². The number of anilines is 1. The van der Waals surface area contributed by atoms with Crippen molar-refractivity contribution in [1.82, 2.24) is 25.6 Å². The molecule has 2 aromatic rings. The van der Waals surface area contributed by atoms with E-state index in [1.54, 1.807) is 0 Å². The van der Waals surface area contributed by atoms with Gasteiger partial charge in [-0.15, -0.1) is 0 Å². The molecule has 0 unspecified atom stereocenters. The number of hydrogen-bond acceptors (Lipinski definition) is 6. The second-order valence-electron chi connectivity index (χ2n) is 7.67. The SMILES string of the molecule is Cc1cc(C)nc(NNC(=O)NCc2ccc(CN3C[C@@H](C)O[C@@H](C)C3)cc2)n1. The molecule has 29 heavy (non-hydrogen) atoms. The molecule has 2 heterocycles. The van der Waals surface area contributed by atoms with E-state index in [1.807, 2.05) is 32.0 Å². The largest absolute Gasteiger partial charge is 0.373 e. The average molecular weight is 399 g/mol. The van der Waals surface area contributed by atoms with Gasteiger partial charge in [0.1, 0.15) is 0 Å². The number of urea groups is 1. The lowest BCUT2D eigenvalue weighted by Gasteiger charge is -2.35. The Morgan fingerprint density at radius 3 is 2.28 bits per heavy atom. The van der Waals surface area contributed by atoms with Gasteiger partial charge in [-0.1, -0.05) is 24.3 Å². The molecule has 8 nitrogen and oxygen atoms in total. The number of aromatic nitrogens is 2. The highest BCUT2D eigenvalue weighted by Crippen LogP contribution is 2.14. The van der Waals surface area contributed by atoms with Crippen LogP contribution in [0.25, 0.3) is 0 Å². The van der Waals surface area contributed by atoms with Gasteiger partial charge >= 0.3 is 6.03 Å². The number of nitrogens with one attached hydrogen (secondary N) is 3. The molecule has 8 heteroatoms. The van der Waals surface area contributed by atoms with Crippen LogP contribution in [0.15, 0.2) is 30.3 Å². The van der Waals surface area contributed by atoms with Crippen LogP contribution in [-0.4, -0.2) is 46.2 Å². The van der Waals surface area contributed by atoms with Crippen LogP contribution in [0.1, 0.15) is 36.4 Å². The van der Waals surface area contributed by atoms with Crippen molar-refractivity contribution in [3.63, 3.8) is 0 Å². The zero-order valence-corrected chi connectivity index (χ0v) is 17.5. The number of rotatable bonds is 6. The van der Waals surface area contributed by atoms with Gasteiger partial charge in [-0.25, -0.2) is 20.2 Å². The number of amides is 2. The average Bonchev–Trinajstić information content (AvgIpc) is 2.64. The smallest absolute Gasteiger partial charge is 0.333 e. The van der Waals surface area contributed by atoms with Crippen molar-refractivity contribution in [3.05, 3.63) is 52.8 Å². The number of carbonyl (C=O) groups excluding carboxylic acids is 1. The first-order chi connectivity index (χ1) is 13.9. The van der Waals surface area contributed by atoms with Gasteiger partial charge in [0, 0.05) is 37.6 Å². The van der Waals surface area contributed by atoms with E-state index in [1.165, 1.54) is 5.56 Å². The zero-order valence-electron chi connectivity index (χ0n) is 17.5. The van der Waals surface area contributed by atoms with E-state index in [0.717, 1.165) is 36.6 Å². The van der Waals surface area contributed by atoms with Gasteiger partial charge in [0.15, 0.2) is 0 Å². The van der Waals surface area contributed by atoms with Gasteiger partial charge in [0.25, 0.3) is 0 Å². The number of morpholine rings is 1. The normalized spacial score (nSPS) is 19.6. The molecule has 1 aliphatic rings. The minimum Gasteiger partial charge on any atom is -0.373 e. The lowest BCUT2D eigenvalue weighted by Crippen LogP contribution is -2.44. The first kappa shape index (κ1) is 21.0. The maximum Gasteiger partial charge on any atom is 0.333 e. The molecule has 1 saturated heterocycles. The van der Waals surface area contributed by atoms with Crippen molar-refractivity contribution >= 4 is 12.0 Å². The second kappa shape index (κ2) is 9.67. The summed E-state index contributed by atoms with van der Waals surface area (Å²) in [6.45, 7) is 11.2. The monoisotopic (exact) mass is 398 g/mol. The standard InChI is InChI=1S/C21H30N6O2/c1-14-9-15(2)24-20(23-14)25-26-21(28)22-10-18-5-7-19(8-6-18)13-27-11-16(3)29-17(4)12-27/h5-9,16-17H,10-13H2,1-4H3,(H2,22,26,28)(H,23,24,25)/t16-,17+. The summed E-state index contributed by atoms with van der Waals surface area (Å²) >= 11 is 0. The van der Waals surface area contributed by atoms with Crippen molar-refractivity contribution < 1.29 is 9.53 Å². The van der Waals surface area contributed by atoms with Crippen LogP contribution >= 0.6 is 0 Å². The van der Waals surface area contributed by atoms with Crippen molar-refractivity contribution in [3.8, 4) is 0 Å². The third-order valence-electron chi connectivity index (χ3n) is 4.65. The molecule has 3 N–H and O–H groups in total. The summed E-state index contributed by atoms with van der Waals surface area (Å²) in [5.41, 5.74) is 9.25. The molecule has 0 radical (unpaired) electrons. The molecule has 3 rings (SSSR count). The Hall–Kier alpha value is -2.71. The van der Waals surface area contributed by atoms with Crippen LogP contribution in [0.5, 0.6) is 0 Å². The Balaban J connectivity index is 1.43. The first-order valence-corrected chi connectivity index (χ1v) is 9.95. The van der Waals surface area contributed by atoms with Gasteiger partial charge in [0.05, 0.1) is 12.2 Å². The third kappa shape index (κ3) is 6.69. The summed E-state index contributed by atoms with van der Waals surface area (Å²) in [5, 5.41) is 2.82. The zero-order chi connectivity index (χ0) is 20.8. The van der Waals surface area contributed by atoms with Crippen molar-refractivity contribution in [1.29, 1.82) is 0 Å². The number of nitrogens with zero attached hydrogens (tertiary/aromatic N) is 3. The molecule has 156 valence electrons. The van der Waals surface area contributed by atoms with E-state index in [0.29, 0.717) is 12.5 Å². The molecular formula is C21H30N6O2. The minimum atomic E-state index is -0.340. The Kier molecular flexibility index (Phi) is 7.00. The van der Waals surface area contributed by atoms with Crippen molar-refractivity contribution in [2.45, 2.75) is 53.0 Å². The number of carbonyl (C=O) groups is 1. The van der Waals surface area contributed by atoms with E-state index in [4.69, 9.17) is 4.74 Å². The number of ether oxygens (including phenoxy) is 1. The summed E-state index contributed by atoms with van der Waals surface area (Å²) in [5.74, 6) is 0.369. The van der Waals surface area contributed by atoms with Gasteiger partial charge < -0.3 is 10.1 Å². The molecule has 1 fully saturated rings. The Bertz CT molecular complexity index is 796. The van der Waals surface area contributed by atoms with E-state index in [2.05, 4.69) is 57.0 Å². The summed E-state index contributed by atoms with van der Waals surface area (Å²) in [4.78, 5) is 22.8. The molecule has 2 amide bonds. The highest BCUT2D eigenvalue weighted by Gasteiger charge is 2.21. The molecule has 2 atom stereocenters. The Morgan fingerprint density at radius 2 is 1.66 bits per heavy atom. The molecule has 0 bridgehead atoms. The Morgan fingerprint density at radius 1 is 1.07 bits per heavy atom. The third-order valence-corrected chi connectivity index (χ3v) is 4.65. The number of benzene rings is 1. The number of hydrazine groups is 1. The van der Waals surface area contributed by atoms with E-state index in [-0.39, 0.29) is 18.2 Å². The van der Waals surface area contributed by atoms with Gasteiger partial charge in [0.2, 0.25) is 5.95 Å². The van der Waals surface area contributed by atoms with Crippen LogP contribution in [0.2, 0.25) is 0 Å². The number of hydrogen-bond donors (Lipinski definition) is 3. The summed E-state index contributed by atoms with van der Waals surface area (Å²) < 4.78 is 5.79. The fraction of sp³-hybridized carbons (Fsp3) is 0.476. The van der Waals surface area contributed by atoms with Crippen molar-refractivity contribution in [2.24, 2.45) is 0 Å². The van der Waals surface area contributed by atoms with Crippen LogP contribution in [-0.2, 0) is 17.8 Å². The van der Waals surface area contributed by atoms with Gasteiger partial charge in [-0.2, -0.15) is 0 Å². The summed E-state index contributed by atoms with van der Waals surface area (Å²) in [7, 11) is 0. The first-order valence-electron chi connectivity index (χ1n) is 9.95. The highest BCUT2D eigenvalue weighted by atomic mass is 16.5. The molecule has 0 spiro atoms. The maximum atomic E-state index is 12.0. The molecule has 0 saturated carbocycles. The lowest BCUT2D eigenvalue weighted by molar-refractivity contribution is -0.0704. The molecular weight excluding hydrogens is 368 g/mol. The molecule has 1 aliphatic heterocycles. The van der Waals surface area contributed by atoms with Gasteiger partial charge in [-0.3, -0.25) is 10.3 Å². The van der Waals surface area contributed by atoms with E-state index < -0.39 is 0 Å². The topological polar surface area (TPSA) is 91.4 Å². The lowest BCUT2D eigenvalue weighted by atomic mass is 10.1. The van der Waals surface area contributed by atoms with Crippen LogP contribution < -0.4 is 16.2 Å². The molecule has 1 aromatic heterocycles. The second-order valence-corrected chi connectivity index (χ2v) is 7.67. The highest BCUT2D eigenvalue weighted by molar-refractivity contribution is 5.74. The predicted octanol–water partition coefficient (Wildman–Crippen LogP) is 2.53.